The van der Waals surface area contributed by atoms with Gasteiger partial charge in [0.25, 0.3) is 0 Å². The molecule has 0 radical (unpaired) electrons. The molecule has 1 heterocycles. The summed E-state index contributed by atoms with van der Waals surface area (Å²) in [5, 5.41) is 7.11. The van der Waals surface area contributed by atoms with Crippen molar-refractivity contribution in [2.75, 3.05) is 6.54 Å². The van der Waals surface area contributed by atoms with Crippen LogP contribution in [0.5, 0.6) is 0 Å². The predicted molar refractivity (Wildman–Crippen MR) is 78.5 cm³/mol. The second kappa shape index (κ2) is 6.59. The van der Waals surface area contributed by atoms with Crippen LogP contribution in [0.15, 0.2) is 33.4 Å². The van der Waals surface area contributed by atoms with Gasteiger partial charge in [0.2, 0.25) is 0 Å². The lowest BCUT2D eigenvalue weighted by Gasteiger charge is -2.19. The largest absolute Gasteiger partial charge is 0.310 e. The van der Waals surface area contributed by atoms with Crippen LogP contribution in [0.1, 0.15) is 24.1 Å². The Morgan fingerprint density at radius 1 is 1.32 bits per heavy atom. The summed E-state index contributed by atoms with van der Waals surface area (Å²) in [6.45, 7) is 2.58. The van der Waals surface area contributed by atoms with Gasteiger partial charge in [0, 0.05) is 11.6 Å². The molecule has 5 heteroatoms. The molecule has 2 aromatic rings. The molecule has 0 aliphatic rings. The quantitative estimate of drug-likeness (QED) is 0.775. The van der Waals surface area contributed by atoms with Gasteiger partial charge in [-0.15, -0.1) is 0 Å². The standard InChI is InChI=1S/C14H14BrF2NS/c1-2-18-12(7-9-5-6-19-8-9)13-11(16)4-3-10(15)14(13)17/h3-6,8,12,18H,2,7H2,1H3. The third-order valence-corrected chi connectivity index (χ3v) is 4.24. The number of hydrogen-bond acceptors (Lipinski definition) is 2. The van der Waals surface area contributed by atoms with Gasteiger partial charge in [0.15, 0.2) is 0 Å². The van der Waals surface area contributed by atoms with Gasteiger partial charge >= 0.3 is 0 Å². The second-order valence-electron chi connectivity index (χ2n) is 4.20. The fraction of sp³-hybridized carbons (Fsp3) is 0.286. The van der Waals surface area contributed by atoms with E-state index in [1.807, 2.05) is 23.8 Å². The molecule has 1 atom stereocenters. The Hall–Kier alpha value is -0.780. The highest BCUT2D eigenvalue weighted by molar-refractivity contribution is 9.10. The fourth-order valence-corrected chi connectivity index (χ4v) is 3.06. The maximum absolute atomic E-state index is 14.1. The van der Waals surface area contributed by atoms with Crippen LogP contribution >= 0.6 is 27.3 Å². The first-order chi connectivity index (χ1) is 9.13. The maximum Gasteiger partial charge on any atom is 0.145 e. The third-order valence-electron chi connectivity index (χ3n) is 2.90. The van der Waals surface area contributed by atoms with Crippen LogP contribution in [-0.4, -0.2) is 6.54 Å². The molecule has 1 aromatic heterocycles. The van der Waals surface area contributed by atoms with E-state index in [4.69, 9.17) is 0 Å². The van der Waals surface area contributed by atoms with Gasteiger partial charge in [-0.25, -0.2) is 8.78 Å². The van der Waals surface area contributed by atoms with Gasteiger partial charge < -0.3 is 5.32 Å². The molecule has 0 amide bonds. The second-order valence-corrected chi connectivity index (χ2v) is 5.84. The predicted octanol–water partition coefficient (Wildman–Crippen LogP) is 4.68. The summed E-state index contributed by atoms with van der Waals surface area (Å²) in [5.74, 6) is -1.04. The highest BCUT2D eigenvalue weighted by Crippen LogP contribution is 2.29. The van der Waals surface area contributed by atoms with Crippen molar-refractivity contribution in [1.29, 1.82) is 0 Å². The van der Waals surface area contributed by atoms with E-state index in [0.717, 1.165) is 5.56 Å². The Labute approximate surface area is 123 Å². The molecular formula is C14H14BrF2NS. The van der Waals surface area contributed by atoms with Crippen molar-refractivity contribution in [1.82, 2.24) is 5.32 Å². The van der Waals surface area contributed by atoms with Crippen molar-refractivity contribution in [3.63, 3.8) is 0 Å². The van der Waals surface area contributed by atoms with Gasteiger partial charge in [-0.3, -0.25) is 0 Å². The molecule has 2 rings (SSSR count). The van der Waals surface area contributed by atoms with Crippen molar-refractivity contribution in [2.45, 2.75) is 19.4 Å². The minimum atomic E-state index is -0.527. The van der Waals surface area contributed by atoms with E-state index in [0.29, 0.717) is 13.0 Å². The van der Waals surface area contributed by atoms with Crippen LogP contribution in [0, 0.1) is 11.6 Å². The van der Waals surface area contributed by atoms with Crippen molar-refractivity contribution in [2.24, 2.45) is 0 Å². The number of rotatable bonds is 5. The first-order valence-corrected chi connectivity index (χ1v) is 7.75. The Balaban J connectivity index is 2.36. The van der Waals surface area contributed by atoms with Crippen LogP contribution in [0.2, 0.25) is 0 Å². The summed E-state index contributed by atoms with van der Waals surface area (Å²) in [7, 11) is 0. The molecule has 0 saturated carbocycles. The van der Waals surface area contributed by atoms with E-state index in [1.54, 1.807) is 11.3 Å². The van der Waals surface area contributed by atoms with Crippen molar-refractivity contribution in [3.8, 4) is 0 Å². The number of halogens is 3. The van der Waals surface area contributed by atoms with Crippen molar-refractivity contribution >= 4 is 27.3 Å². The van der Waals surface area contributed by atoms with Gasteiger partial charge in [-0.1, -0.05) is 6.92 Å². The molecule has 1 nitrogen and oxygen atoms in total. The molecule has 0 aliphatic heterocycles. The van der Waals surface area contributed by atoms with Gasteiger partial charge in [-0.2, -0.15) is 11.3 Å². The SMILES string of the molecule is CCNC(Cc1ccsc1)c1c(F)ccc(Br)c1F. The number of benzene rings is 1. The zero-order valence-corrected chi connectivity index (χ0v) is 12.8. The molecule has 0 spiro atoms. The molecule has 0 bridgehead atoms. The van der Waals surface area contributed by atoms with Crippen molar-refractivity contribution < 1.29 is 8.78 Å². The minimum Gasteiger partial charge on any atom is -0.310 e. The first kappa shape index (κ1) is 14.6. The number of thiophene rings is 1. The first-order valence-electron chi connectivity index (χ1n) is 6.01. The smallest absolute Gasteiger partial charge is 0.145 e. The lowest BCUT2D eigenvalue weighted by Crippen LogP contribution is -2.25. The number of hydrogen-bond donors (Lipinski definition) is 1. The van der Waals surface area contributed by atoms with E-state index < -0.39 is 11.6 Å². The molecule has 1 N–H and O–H groups in total. The molecule has 1 aromatic carbocycles. The van der Waals surface area contributed by atoms with Crippen LogP contribution in [-0.2, 0) is 6.42 Å². The number of likely N-dealkylation sites (N-methyl/N-ethyl adjacent to an activating group) is 1. The topological polar surface area (TPSA) is 12.0 Å². The van der Waals surface area contributed by atoms with Crippen molar-refractivity contribution in [3.05, 3.63) is 56.2 Å². The Bertz CT molecular complexity index is 543. The van der Waals surface area contributed by atoms with E-state index in [2.05, 4.69) is 21.2 Å². The lowest BCUT2D eigenvalue weighted by atomic mass is 9.99. The summed E-state index contributed by atoms with van der Waals surface area (Å²) in [5.41, 5.74) is 1.18. The Morgan fingerprint density at radius 3 is 2.74 bits per heavy atom. The zero-order chi connectivity index (χ0) is 13.8. The minimum absolute atomic E-state index is 0.0995. The molecule has 0 saturated heterocycles. The van der Waals surface area contributed by atoms with E-state index in [-0.39, 0.29) is 16.1 Å². The van der Waals surface area contributed by atoms with Gasteiger partial charge in [-0.05, 0) is 63.4 Å². The van der Waals surface area contributed by atoms with Crippen LogP contribution in [0.4, 0.5) is 8.78 Å². The number of nitrogens with one attached hydrogen (secondary N) is 1. The molecule has 102 valence electrons. The highest BCUT2D eigenvalue weighted by atomic mass is 79.9. The normalized spacial score (nSPS) is 12.6. The third kappa shape index (κ3) is 3.41. The summed E-state index contributed by atoms with van der Waals surface area (Å²) in [6, 6.07) is 4.29. The Morgan fingerprint density at radius 2 is 2.11 bits per heavy atom. The van der Waals surface area contributed by atoms with Crippen LogP contribution in [0.3, 0.4) is 0 Å². The molecule has 0 aliphatic carbocycles. The molecular weight excluding hydrogens is 332 g/mol. The summed E-state index contributed by atoms with van der Waals surface area (Å²) >= 11 is 4.69. The van der Waals surface area contributed by atoms with E-state index in [1.165, 1.54) is 12.1 Å². The monoisotopic (exact) mass is 345 g/mol. The zero-order valence-electron chi connectivity index (χ0n) is 10.4. The summed E-state index contributed by atoms with van der Waals surface area (Å²) < 4.78 is 28.4. The van der Waals surface area contributed by atoms with Gasteiger partial charge in [0.1, 0.15) is 11.6 Å². The highest BCUT2D eigenvalue weighted by Gasteiger charge is 2.21. The average Bonchev–Trinajstić information content (AvgIpc) is 2.87. The average molecular weight is 346 g/mol. The summed E-state index contributed by atoms with van der Waals surface area (Å²) in [6.07, 6.45) is 0.571. The molecule has 0 fully saturated rings. The van der Waals surface area contributed by atoms with E-state index >= 15 is 0 Å². The Kier molecular flexibility index (Phi) is 5.07. The fourth-order valence-electron chi connectivity index (χ4n) is 2.03. The van der Waals surface area contributed by atoms with Gasteiger partial charge in [0.05, 0.1) is 4.47 Å². The lowest BCUT2D eigenvalue weighted by molar-refractivity contribution is 0.471. The molecule has 19 heavy (non-hydrogen) atoms. The molecule has 1 unspecified atom stereocenters. The van der Waals surface area contributed by atoms with Crippen LogP contribution in [0.25, 0.3) is 0 Å². The van der Waals surface area contributed by atoms with Crippen LogP contribution < -0.4 is 5.32 Å². The maximum atomic E-state index is 14.1. The van der Waals surface area contributed by atoms with E-state index in [9.17, 15) is 8.78 Å². The summed E-state index contributed by atoms with van der Waals surface area (Å²) in [4.78, 5) is 0.